The number of carbonyl (C=O) groups is 1. The maximum atomic E-state index is 12.9. The van der Waals surface area contributed by atoms with E-state index in [1.807, 2.05) is 37.3 Å². The molecule has 1 amide bonds. The molecule has 3 aromatic rings. The van der Waals surface area contributed by atoms with Crippen LogP contribution < -0.4 is 0 Å². The summed E-state index contributed by atoms with van der Waals surface area (Å²) in [6, 6.07) is 3.69. The van der Waals surface area contributed by atoms with E-state index in [1.54, 1.807) is 17.3 Å². The van der Waals surface area contributed by atoms with E-state index < -0.39 is 0 Å². The Balaban J connectivity index is 2.42. The Morgan fingerprint density at radius 3 is 2.68 bits per heavy atom. The van der Waals surface area contributed by atoms with Gasteiger partial charge in [-0.2, -0.15) is 0 Å². The van der Waals surface area contributed by atoms with Crippen LogP contribution in [0.25, 0.3) is 16.7 Å². The zero-order chi connectivity index (χ0) is 15.9. The third kappa shape index (κ3) is 2.04. The Morgan fingerprint density at radius 2 is 2.00 bits per heavy atom. The lowest BCUT2D eigenvalue weighted by Crippen LogP contribution is -2.31. The Morgan fingerprint density at radius 1 is 1.27 bits per heavy atom. The summed E-state index contributed by atoms with van der Waals surface area (Å²) in [5, 5.41) is 1.17. The molecule has 0 aliphatic rings. The quantitative estimate of drug-likeness (QED) is 0.744. The summed E-state index contributed by atoms with van der Waals surface area (Å²) in [5.41, 5.74) is 2.64. The maximum absolute atomic E-state index is 12.9. The second kappa shape index (κ2) is 5.57. The van der Waals surface area contributed by atoms with Gasteiger partial charge in [-0.15, -0.1) is 0 Å². The van der Waals surface area contributed by atoms with Crippen molar-refractivity contribution in [2.24, 2.45) is 0 Å². The van der Waals surface area contributed by atoms with E-state index in [2.05, 4.69) is 9.97 Å². The maximum Gasteiger partial charge on any atom is 0.259 e. The fraction of sp³-hybridized carbons (Fsp3) is 0.312. The van der Waals surface area contributed by atoms with Gasteiger partial charge in [-0.3, -0.25) is 9.20 Å². The highest BCUT2D eigenvalue weighted by Gasteiger charge is 2.24. The van der Waals surface area contributed by atoms with Crippen LogP contribution >= 0.6 is 11.6 Å². The summed E-state index contributed by atoms with van der Waals surface area (Å²) in [6.07, 6.45) is 3.45. The van der Waals surface area contributed by atoms with Gasteiger partial charge in [0.05, 0.1) is 5.02 Å². The summed E-state index contributed by atoms with van der Waals surface area (Å²) in [4.78, 5) is 23.4. The zero-order valence-corrected chi connectivity index (χ0v) is 13.6. The average Bonchev–Trinajstić information content (AvgIpc) is 2.91. The normalized spacial score (nSPS) is 11.3. The Hall–Kier alpha value is -2.14. The number of imidazole rings is 1. The molecule has 3 aromatic heterocycles. The third-order valence-corrected chi connectivity index (χ3v) is 4.27. The molecular weight excluding hydrogens is 300 g/mol. The number of hydrogen-bond donors (Lipinski definition) is 0. The van der Waals surface area contributed by atoms with Crippen molar-refractivity contribution in [1.82, 2.24) is 19.3 Å². The van der Waals surface area contributed by atoms with Gasteiger partial charge in [0.15, 0.2) is 5.65 Å². The lowest BCUT2D eigenvalue weighted by molar-refractivity contribution is 0.0774. The van der Waals surface area contributed by atoms with Crippen LogP contribution in [0.3, 0.4) is 0 Å². The molecule has 3 heterocycles. The van der Waals surface area contributed by atoms with Gasteiger partial charge in [0, 0.05) is 36.6 Å². The van der Waals surface area contributed by atoms with Crippen molar-refractivity contribution in [1.29, 1.82) is 0 Å². The van der Waals surface area contributed by atoms with Gasteiger partial charge in [-0.1, -0.05) is 11.6 Å². The number of rotatable bonds is 3. The standard InChI is InChI=1S/C16H17ClN4O/c1-4-20(5-2)16(22)12-13(17)11-7-6-8-18-14(11)21-10(3)9-19-15(12)21/h6-9H,4-5H2,1-3H3. The lowest BCUT2D eigenvalue weighted by atomic mass is 10.1. The molecule has 0 bridgehead atoms. The molecule has 0 atom stereocenters. The van der Waals surface area contributed by atoms with E-state index in [1.165, 1.54) is 0 Å². The van der Waals surface area contributed by atoms with Crippen LogP contribution in [0.2, 0.25) is 5.02 Å². The van der Waals surface area contributed by atoms with Crippen molar-refractivity contribution in [2.75, 3.05) is 13.1 Å². The molecule has 0 unspecified atom stereocenters. The number of aromatic nitrogens is 3. The van der Waals surface area contributed by atoms with E-state index in [9.17, 15) is 4.79 Å². The molecule has 0 radical (unpaired) electrons. The molecule has 22 heavy (non-hydrogen) atoms. The van der Waals surface area contributed by atoms with Crippen LogP contribution in [0.1, 0.15) is 29.9 Å². The predicted octanol–water partition coefficient (Wildman–Crippen LogP) is 3.33. The topological polar surface area (TPSA) is 50.5 Å². The van der Waals surface area contributed by atoms with Crippen molar-refractivity contribution in [3.63, 3.8) is 0 Å². The Bertz CT molecular complexity index is 867. The van der Waals surface area contributed by atoms with E-state index in [0.717, 1.165) is 11.1 Å². The number of aryl methyl sites for hydroxylation is 1. The van der Waals surface area contributed by atoms with Crippen LogP contribution in [0.4, 0.5) is 0 Å². The van der Waals surface area contributed by atoms with Gasteiger partial charge in [0.1, 0.15) is 11.2 Å². The van der Waals surface area contributed by atoms with Crippen molar-refractivity contribution in [3.8, 4) is 0 Å². The molecule has 0 spiro atoms. The molecule has 0 aromatic carbocycles. The first-order valence-corrected chi connectivity index (χ1v) is 7.67. The van der Waals surface area contributed by atoms with Crippen molar-refractivity contribution in [2.45, 2.75) is 20.8 Å². The van der Waals surface area contributed by atoms with Crippen molar-refractivity contribution >= 4 is 34.2 Å². The molecule has 0 fully saturated rings. The van der Waals surface area contributed by atoms with Crippen LogP contribution in [0.15, 0.2) is 24.5 Å². The Kier molecular flexibility index (Phi) is 3.74. The average molecular weight is 317 g/mol. The molecule has 0 saturated heterocycles. The number of carbonyl (C=O) groups excluding carboxylic acids is 1. The van der Waals surface area contributed by atoms with Gasteiger partial charge in [-0.25, -0.2) is 9.97 Å². The molecule has 5 nitrogen and oxygen atoms in total. The first kappa shape index (κ1) is 14.8. The summed E-state index contributed by atoms with van der Waals surface area (Å²) in [7, 11) is 0. The highest BCUT2D eigenvalue weighted by atomic mass is 35.5. The number of amides is 1. The number of halogens is 1. The second-order valence-electron chi connectivity index (χ2n) is 5.10. The third-order valence-electron chi connectivity index (χ3n) is 3.88. The first-order chi connectivity index (χ1) is 10.6. The number of nitrogens with zero attached hydrogens (tertiary/aromatic N) is 4. The van der Waals surface area contributed by atoms with Crippen LogP contribution in [-0.4, -0.2) is 38.3 Å². The first-order valence-electron chi connectivity index (χ1n) is 7.29. The van der Waals surface area contributed by atoms with E-state index >= 15 is 0 Å². The Labute approximate surface area is 133 Å². The summed E-state index contributed by atoms with van der Waals surface area (Å²) in [6.45, 7) is 7.09. The van der Waals surface area contributed by atoms with Crippen molar-refractivity contribution < 1.29 is 4.79 Å². The number of fused-ring (bicyclic) bond motifs is 3. The van der Waals surface area contributed by atoms with Crippen molar-refractivity contribution in [3.05, 3.63) is 40.8 Å². The minimum absolute atomic E-state index is 0.101. The minimum Gasteiger partial charge on any atom is -0.339 e. The van der Waals surface area contributed by atoms with Gasteiger partial charge in [0.2, 0.25) is 0 Å². The fourth-order valence-corrected chi connectivity index (χ4v) is 3.03. The van der Waals surface area contributed by atoms with E-state index in [-0.39, 0.29) is 5.91 Å². The predicted molar refractivity (Wildman–Crippen MR) is 87.5 cm³/mol. The second-order valence-corrected chi connectivity index (χ2v) is 5.48. The van der Waals surface area contributed by atoms with E-state index in [4.69, 9.17) is 11.6 Å². The van der Waals surface area contributed by atoms with Gasteiger partial charge in [0.25, 0.3) is 5.91 Å². The minimum atomic E-state index is -0.101. The molecule has 0 aliphatic heterocycles. The number of hydrogen-bond acceptors (Lipinski definition) is 3. The smallest absolute Gasteiger partial charge is 0.259 e. The highest BCUT2D eigenvalue weighted by Crippen LogP contribution is 2.31. The molecule has 6 heteroatoms. The van der Waals surface area contributed by atoms with Gasteiger partial charge < -0.3 is 4.90 Å². The highest BCUT2D eigenvalue weighted by molar-refractivity contribution is 6.39. The molecule has 0 N–H and O–H groups in total. The van der Waals surface area contributed by atoms with E-state index in [0.29, 0.717) is 35.0 Å². The fourth-order valence-electron chi connectivity index (χ4n) is 2.72. The molecule has 0 aliphatic carbocycles. The molecule has 3 rings (SSSR count). The summed E-state index contributed by atoms with van der Waals surface area (Å²) < 4.78 is 1.89. The SMILES string of the molecule is CCN(CC)C(=O)c1c(Cl)c2cccnc2n2c(C)cnc12. The summed E-state index contributed by atoms with van der Waals surface area (Å²) >= 11 is 6.54. The summed E-state index contributed by atoms with van der Waals surface area (Å²) in [5.74, 6) is -0.101. The lowest BCUT2D eigenvalue weighted by Gasteiger charge is -2.20. The van der Waals surface area contributed by atoms with Gasteiger partial charge >= 0.3 is 0 Å². The zero-order valence-electron chi connectivity index (χ0n) is 12.8. The monoisotopic (exact) mass is 316 g/mol. The molecule has 0 saturated carbocycles. The van der Waals surface area contributed by atoms with Gasteiger partial charge in [-0.05, 0) is 32.9 Å². The van der Waals surface area contributed by atoms with Crippen LogP contribution in [-0.2, 0) is 0 Å². The van der Waals surface area contributed by atoms with Crippen LogP contribution in [0, 0.1) is 6.92 Å². The molecule has 114 valence electrons. The van der Waals surface area contributed by atoms with Crippen LogP contribution in [0.5, 0.6) is 0 Å². The largest absolute Gasteiger partial charge is 0.339 e. The number of pyridine rings is 2. The molecular formula is C16H17ClN4O.